The average Bonchev–Trinajstić information content (AvgIpc) is 3.18. The Labute approximate surface area is 127 Å². The second-order valence-corrected chi connectivity index (χ2v) is 6.19. The van der Waals surface area contributed by atoms with Gasteiger partial charge in [-0.1, -0.05) is 11.8 Å². The summed E-state index contributed by atoms with van der Waals surface area (Å²) < 4.78 is 2.66. The highest BCUT2D eigenvalue weighted by Gasteiger charge is 2.28. The molecule has 0 aromatic carbocycles. The van der Waals surface area contributed by atoms with Crippen LogP contribution in [0, 0.1) is 0 Å². The highest BCUT2D eigenvalue weighted by molar-refractivity contribution is 9.10. The number of amides is 1. The number of thioether (sulfide) groups is 1. The van der Waals surface area contributed by atoms with E-state index in [0.29, 0.717) is 17.0 Å². The van der Waals surface area contributed by atoms with E-state index in [1.807, 2.05) is 6.07 Å². The lowest BCUT2D eigenvalue weighted by Crippen LogP contribution is -2.15. The fourth-order valence-electron chi connectivity index (χ4n) is 1.59. The molecule has 0 aliphatic heterocycles. The third-order valence-corrected chi connectivity index (χ3v) is 4.09. The van der Waals surface area contributed by atoms with Gasteiger partial charge in [0, 0.05) is 10.7 Å². The third-order valence-electron chi connectivity index (χ3n) is 2.68. The quantitative estimate of drug-likeness (QED) is 0.825. The van der Waals surface area contributed by atoms with Crippen LogP contribution >= 0.6 is 27.7 Å². The van der Waals surface area contributed by atoms with Crippen molar-refractivity contribution >= 4 is 39.4 Å². The summed E-state index contributed by atoms with van der Waals surface area (Å²) in [6, 6.07) is 3.97. The predicted molar refractivity (Wildman–Crippen MR) is 77.4 cm³/mol. The normalized spacial score (nSPS) is 14.2. The van der Waals surface area contributed by atoms with Crippen LogP contribution in [0.25, 0.3) is 0 Å². The first-order valence-corrected chi connectivity index (χ1v) is 7.82. The van der Waals surface area contributed by atoms with Crippen LogP contribution in [-0.2, 0) is 4.79 Å². The van der Waals surface area contributed by atoms with Crippen molar-refractivity contribution in [3.63, 3.8) is 0 Å². The fraction of sp³-hybridized carbons (Fsp3) is 0.364. The van der Waals surface area contributed by atoms with Gasteiger partial charge in [0.2, 0.25) is 11.1 Å². The summed E-state index contributed by atoms with van der Waals surface area (Å²) in [6.45, 7) is 0. The van der Waals surface area contributed by atoms with Crippen LogP contribution in [0.3, 0.4) is 0 Å². The number of nitrogens with zero attached hydrogens (tertiary/aromatic N) is 5. The molecule has 1 fully saturated rings. The van der Waals surface area contributed by atoms with E-state index in [1.54, 1.807) is 16.9 Å². The lowest BCUT2D eigenvalue weighted by Gasteiger charge is -2.04. The zero-order valence-corrected chi connectivity index (χ0v) is 12.8. The molecule has 2 heterocycles. The molecule has 104 valence electrons. The highest BCUT2D eigenvalue weighted by atomic mass is 79.9. The lowest BCUT2D eigenvalue weighted by atomic mass is 10.4. The van der Waals surface area contributed by atoms with Gasteiger partial charge in [0.25, 0.3) is 0 Å². The van der Waals surface area contributed by atoms with Gasteiger partial charge in [-0.2, -0.15) is 0 Å². The molecule has 0 spiro atoms. The molecular formula is C11H11BrN6OS. The average molecular weight is 355 g/mol. The zero-order chi connectivity index (χ0) is 13.9. The van der Waals surface area contributed by atoms with Crippen LogP contribution in [0.1, 0.15) is 18.9 Å². The molecule has 20 heavy (non-hydrogen) atoms. The molecule has 0 atom stereocenters. The van der Waals surface area contributed by atoms with Crippen molar-refractivity contribution in [3.05, 3.63) is 22.8 Å². The summed E-state index contributed by atoms with van der Waals surface area (Å²) >= 11 is 4.62. The maximum Gasteiger partial charge on any atom is 0.236 e. The van der Waals surface area contributed by atoms with Gasteiger partial charge >= 0.3 is 0 Å². The molecule has 3 rings (SSSR count). The lowest BCUT2D eigenvalue weighted by molar-refractivity contribution is -0.113. The Hall–Kier alpha value is -1.48. The summed E-state index contributed by atoms with van der Waals surface area (Å²) in [7, 11) is 0. The van der Waals surface area contributed by atoms with Gasteiger partial charge < -0.3 is 5.32 Å². The van der Waals surface area contributed by atoms with Gasteiger partial charge in [0.1, 0.15) is 5.82 Å². The van der Waals surface area contributed by atoms with Crippen LogP contribution in [0.4, 0.5) is 5.82 Å². The summed E-state index contributed by atoms with van der Waals surface area (Å²) in [4.78, 5) is 15.9. The standard InChI is InChI=1S/C11H11BrN6OS/c12-7-1-4-9(13-5-7)14-10(19)6-20-11-15-16-17-18(11)8-2-3-8/h1,4-5,8H,2-3,6H2,(H,13,14,19). The van der Waals surface area contributed by atoms with Crippen LogP contribution in [0.2, 0.25) is 0 Å². The number of anilines is 1. The Morgan fingerprint density at radius 1 is 1.50 bits per heavy atom. The molecule has 9 heteroatoms. The molecule has 1 aliphatic rings. The van der Waals surface area contributed by atoms with Crippen molar-refractivity contribution in [1.29, 1.82) is 0 Å². The van der Waals surface area contributed by atoms with E-state index in [2.05, 4.69) is 41.8 Å². The van der Waals surface area contributed by atoms with Crippen LogP contribution in [-0.4, -0.2) is 36.9 Å². The number of aromatic nitrogens is 5. The summed E-state index contributed by atoms with van der Waals surface area (Å²) in [5.74, 6) is 0.654. The van der Waals surface area contributed by atoms with Crippen molar-refractivity contribution in [2.45, 2.75) is 24.0 Å². The molecule has 0 bridgehead atoms. The minimum absolute atomic E-state index is 0.129. The van der Waals surface area contributed by atoms with Crippen LogP contribution in [0.15, 0.2) is 28.0 Å². The topological polar surface area (TPSA) is 85.6 Å². The molecule has 1 aliphatic carbocycles. The molecule has 2 aromatic heterocycles. The first-order valence-electron chi connectivity index (χ1n) is 6.04. The molecule has 1 amide bonds. The van der Waals surface area contributed by atoms with E-state index in [4.69, 9.17) is 0 Å². The second-order valence-electron chi connectivity index (χ2n) is 4.34. The van der Waals surface area contributed by atoms with Crippen molar-refractivity contribution < 1.29 is 4.79 Å². The van der Waals surface area contributed by atoms with Crippen LogP contribution in [0.5, 0.6) is 0 Å². The number of tetrazole rings is 1. The first-order chi connectivity index (χ1) is 9.72. The number of halogens is 1. The second kappa shape index (κ2) is 5.88. The number of pyridine rings is 1. The van der Waals surface area contributed by atoms with Crippen molar-refractivity contribution in [2.24, 2.45) is 0 Å². The number of rotatable bonds is 5. The summed E-state index contributed by atoms with van der Waals surface area (Å²) in [5.41, 5.74) is 0. The van der Waals surface area contributed by atoms with E-state index in [0.717, 1.165) is 17.3 Å². The maximum atomic E-state index is 11.8. The molecular weight excluding hydrogens is 344 g/mol. The molecule has 7 nitrogen and oxygen atoms in total. The van der Waals surface area contributed by atoms with Crippen LogP contribution < -0.4 is 5.32 Å². The van der Waals surface area contributed by atoms with Gasteiger partial charge in [-0.15, -0.1) is 5.10 Å². The van der Waals surface area contributed by atoms with Gasteiger partial charge in [0.15, 0.2) is 0 Å². The number of nitrogens with one attached hydrogen (secondary N) is 1. The molecule has 0 saturated heterocycles. The first kappa shape index (κ1) is 13.5. The van der Waals surface area contributed by atoms with E-state index in [1.165, 1.54) is 11.8 Å². The Morgan fingerprint density at radius 3 is 3.05 bits per heavy atom. The molecule has 2 aromatic rings. The van der Waals surface area contributed by atoms with Gasteiger partial charge in [0.05, 0.1) is 11.8 Å². The number of hydrogen-bond donors (Lipinski definition) is 1. The Morgan fingerprint density at radius 2 is 2.35 bits per heavy atom. The van der Waals surface area contributed by atoms with Crippen molar-refractivity contribution in [1.82, 2.24) is 25.2 Å². The van der Waals surface area contributed by atoms with Gasteiger partial charge in [-0.3, -0.25) is 4.79 Å². The molecule has 1 N–H and O–H groups in total. The summed E-state index contributed by atoms with van der Waals surface area (Å²) in [6.07, 6.45) is 3.84. The molecule has 0 radical (unpaired) electrons. The predicted octanol–water partition coefficient (Wildman–Crippen LogP) is 1.90. The maximum absolute atomic E-state index is 11.8. The summed E-state index contributed by atoms with van der Waals surface area (Å²) in [5, 5.41) is 14.9. The molecule has 0 unspecified atom stereocenters. The smallest absolute Gasteiger partial charge is 0.236 e. The fourth-order valence-corrected chi connectivity index (χ4v) is 2.57. The number of hydrogen-bond acceptors (Lipinski definition) is 6. The van der Waals surface area contributed by atoms with Gasteiger partial charge in [-0.25, -0.2) is 9.67 Å². The monoisotopic (exact) mass is 354 g/mol. The Balaban J connectivity index is 1.54. The van der Waals surface area contributed by atoms with E-state index >= 15 is 0 Å². The van der Waals surface area contributed by atoms with E-state index in [9.17, 15) is 4.79 Å². The Kier molecular flexibility index (Phi) is 3.97. The number of carbonyl (C=O) groups is 1. The minimum atomic E-state index is -0.129. The SMILES string of the molecule is O=C(CSc1nnnn1C1CC1)Nc1ccc(Br)cn1. The highest BCUT2D eigenvalue weighted by Crippen LogP contribution is 2.36. The van der Waals surface area contributed by atoms with E-state index in [-0.39, 0.29) is 11.7 Å². The van der Waals surface area contributed by atoms with Crippen molar-refractivity contribution in [2.75, 3.05) is 11.1 Å². The molecule has 1 saturated carbocycles. The van der Waals surface area contributed by atoms with E-state index < -0.39 is 0 Å². The largest absolute Gasteiger partial charge is 0.310 e. The minimum Gasteiger partial charge on any atom is -0.310 e. The zero-order valence-electron chi connectivity index (χ0n) is 10.4. The Bertz CT molecular complexity index is 612. The number of carbonyl (C=O) groups excluding carboxylic acids is 1. The van der Waals surface area contributed by atoms with Gasteiger partial charge in [-0.05, 0) is 51.3 Å². The van der Waals surface area contributed by atoms with Crippen molar-refractivity contribution in [3.8, 4) is 0 Å². The third kappa shape index (κ3) is 3.34.